The fourth-order valence-electron chi connectivity index (χ4n) is 1.41. The third kappa shape index (κ3) is 3.35. The zero-order valence-electron chi connectivity index (χ0n) is 9.03. The molecule has 78 valence electrons. The number of rotatable bonds is 3. The molecule has 13 heavy (non-hydrogen) atoms. The van der Waals surface area contributed by atoms with Crippen molar-refractivity contribution < 1.29 is 15.0 Å². The number of aliphatic hydroxyl groups is 1. The molecule has 0 bridgehead atoms. The minimum Gasteiger partial charge on any atom is -0.481 e. The zero-order chi connectivity index (χ0) is 10.8. The molecule has 0 radical (unpaired) electrons. The van der Waals surface area contributed by atoms with Gasteiger partial charge < -0.3 is 10.2 Å². The zero-order valence-corrected chi connectivity index (χ0v) is 9.03. The van der Waals surface area contributed by atoms with E-state index in [0.717, 1.165) is 0 Å². The van der Waals surface area contributed by atoms with Crippen LogP contribution in [0, 0.1) is 17.3 Å². The van der Waals surface area contributed by atoms with E-state index in [2.05, 4.69) is 0 Å². The highest BCUT2D eigenvalue weighted by Crippen LogP contribution is 2.31. The summed E-state index contributed by atoms with van der Waals surface area (Å²) < 4.78 is 0. The maximum Gasteiger partial charge on any atom is 0.309 e. The van der Waals surface area contributed by atoms with E-state index >= 15 is 0 Å². The molecule has 3 heteroatoms. The highest BCUT2D eigenvalue weighted by Gasteiger charge is 2.38. The molecule has 2 atom stereocenters. The summed E-state index contributed by atoms with van der Waals surface area (Å²) in [6, 6.07) is 0. The first kappa shape index (κ1) is 12.4. The van der Waals surface area contributed by atoms with Gasteiger partial charge in [-0.2, -0.15) is 0 Å². The second-order valence-corrected chi connectivity index (χ2v) is 4.92. The Balaban J connectivity index is 4.72. The van der Waals surface area contributed by atoms with Crippen molar-refractivity contribution in [2.24, 2.45) is 17.3 Å². The molecule has 0 aliphatic heterocycles. The van der Waals surface area contributed by atoms with E-state index in [9.17, 15) is 9.90 Å². The van der Waals surface area contributed by atoms with Crippen molar-refractivity contribution >= 4 is 5.97 Å². The lowest BCUT2D eigenvalue weighted by molar-refractivity contribution is -0.152. The average molecular weight is 188 g/mol. The lowest BCUT2D eigenvalue weighted by atomic mass is 9.74. The van der Waals surface area contributed by atoms with Crippen LogP contribution in [0.4, 0.5) is 0 Å². The molecule has 0 saturated heterocycles. The van der Waals surface area contributed by atoms with Crippen LogP contribution in [0.1, 0.15) is 34.6 Å². The summed E-state index contributed by atoms with van der Waals surface area (Å²) in [4.78, 5) is 10.9. The van der Waals surface area contributed by atoms with Crippen molar-refractivity contribution in [1.82, 2.24) is 0 Å². The summed E-state index contributed by atoms with van der Waals surface area (Å²) in [5.41, 5.74) is -0.407. The quantitative estimate of drug-likeness (QED) is 0.709. The smallest absolute Gasteiger partial charge is 0.309 e. The minimum atomic E-state index is -0.923. The van der Waals surface area contributed by atoms with Crippen molar-refractivity contribution in [2.45, 2.75) is 40.7 Å². The number of carbonyl (C=O) groups is 1. The Labute approximate surface area is 79.8 Å². The number of aliphatic hydroxyl groups excluding tert-OH is 1. The first-order valence-corrected chi connectivity index (χ1v) is 4.58. The molecular formula is C10H20O3. The fraction of sp³-hybridized carbons (Fsp3) is 0.900. The van der Waals surface area contributed by atoms with Gasteiger partial charge in [0.05, 0.1) is 12.0 Å². The third-order valence-corrected chi connectivity index (χ3v) is 2.22. The number of aliphatic carboxylic acids is 1. The van der Waals surface area contributed by atoms with E-state index in [1.54, 1.807) is 0 Å². The van der Waals surface area contributed by atoms with E-state index < -0.39 is 23.4 Å². The molecule has 0 amide bonds. The van der Waals surface area contributed by atoms with E-state index in [1.807, 2.05) is 34.6 Å². The normalized spacial score (nSPS) is 17.2. The molecule has 0 saturated carbocycles. The minimum absolute atomic E-state index is 0.0275. The van der Waals surface area contributed by atoms with Crippen molar-refractivity contribution in [3.8, 4) is 0 Å². The Morgan fingerprint density at radius 1 is 1.23 bits per heavy atom. The highest BCUT2D eigenvalue weighted by molar-refractivity contribution is 5.71. The summed E-state index contributed by atoms with van der Waals surface area (Å²) in [5.74, 6) is -1.65. The Kier molecular flexibility index (Phi) is 3.91. The number of hydrogen-bond acceptors (Lipinski definition) is 2. The van der Waals surface area contributed by atoms with Crippen LogP contribution in [-0.4, -0.2) is 22.3 Å². The first-order chi connectivity index (χ1) is 5.68. The molecule has 0 aromatic heterocycles. The average Bonchev–Trinajstić information content (AvgIpc) is 1.82. The summed E-state index contributed by atoms with van der Waals surface area (Å²) in [5, 5.41) is 18.7. The molecule has 0 fully saturated rings. The largest absolute Gasteiger partial charge is 0.481 e. The lowest BCUT2D eigenvalue weighted by Crippen LogP contribution is -2.41. The van der Waals surface area contributed by atoms with E-state index in [0.29, 0.717) is 0 Å². The molecule has 0 spiro atoms. The van der Waals surface area contributed by atoms with Crippen molar-refractivity contribution in [1.29, 1.82) is 0 Å². The van der Waals surface area contributed by atoms with Gasteiger partial charge in [-0.3, -0.25) is 4.79 Å². The van der Waals surface area contributed by atoms with Crippen LogP contribution >= 0.6 is 0 Å². The molecule has 0 heterocycles. The molecular weight excluding hydrogens is 168 g/mol. The molecule has 0 aromatic rings. The van der Waals surface area contributed by atoms with Gasteiger partial charge in [0, 0.05) is 0 Å². The van der Waals surface area contributed by atoms with Crippen LogP contribution in [0.5, 0.6) is 0 Å². The van der Waals surface area contributed by atoms with Crippen molar-refractivity contribution in [3.63, 3.8) is 0 Å². The standard InChI is InChI=1S/C10H20O3/c1-6(2)8(11)7(9(12)13)10(3,4)5/h6-8,11H,1-5H3,(H,12,13). The molecule has 2 N–H and O–H groups in total. The van der Waals surface area contributed by atoms with Gasteiger partial charge in [-0.25, -0.2) is 0 Å². The summed E-state index contributed by atoms with van der Waals surface area (Å²) >= 11 is 0. The summed E-state index contributed by atoms with van der Waals surface area (Å²) in [7, 11) is 0. The van der Waals surface area contributed by atoms with Gasteiger partial charge in [0.15, 0.2) is 0 Å². The Bertz CT molecular complexity index is 179. The molecule has 0 aromatic carbocycles. The van der Waals surface area contributed by atoms with Crippen LogP contribution in [0.25, 0.3) is 0 Å². The first-order valence-electron chi connectivity index (χ1n) is 4.58. The second-order valence-electron chi connectivity index (χ2n) is 4.92. The predicted molar refractivity (Wildman–Crippen MR) is 51.4 cm³/mol. The number of carboxylic acid groups (broad SMARTS) is 1. The van der Waals surface area contributed by atoms with E-state index in [1.165, 1.54) is 0 Å². The van der Waals surface area contributed by atoms with Crippen LogP contribution < -0.4 is 0 Å². The lowest BCUT2D eigenvalue weighted by Gasteiger charge is -2.32. The van der Waals surface area contributed by atoms with Gasteiger partial charge in [-0.1, -0.05) is 34.6 Å². The van der Waals surface area contributed by atoms with E-state index in [-0.39, 0.29) is 5.92 Å². The van der Waals surface area contributed by atoms with Gasteiger partial charge in [-0.05, 0) is 11.3 Å². The summed E-state index contributed by atoms with van der Waals surface area (Å²) in [6.07, 6.45) is -0.780. The van der Waals surface area contributed by atoms with E-state index in [4.69, 9.17) is 5.11 Å². The molecule has 0 aliphatic carbocycles. The molecule has 0 rings (SSSR count). The maximum atomic E-state index is 10.9. The van der Waals surface area contributed by atoms with Crippen LogP contribution in [0.3, 0.4) is 0 Å². The Morgan fingerprint density at radius 2 is 1.62 bits per heavy atom. The topological polar surface area (TPSA) is 57.5 Å². The number of hydrogen-bond donors (Lipinski definition) is 2. The SMILES string of the molecule is CC(C)C(O)C(C(=O)O)C(C)(C)C. The van der Waals surface area contributed by atoms with Crippen molar-refractivity contribution in [2.75, 3.05) is 0 Å². The Hall–Kier alpha value is -0.570. The molecule has 0 aliphatic rings. The van der Waals surface area contributed by atoms with Gasteiger partial charge in [0.2, 0.25) is 0 Å². The molecule has 3 nitrogen and oxygen atoms in total. The van der Waals surface area contributed by atoms with Crippen LogP contribution in [0.15, 0.2) is 0 Å². The highest BCUT2D eigenvalue weighted by atomic mass is 16.4. The van der Waals surface area contributed by atoms with Crippen molar-refractivity contribution in [3.05, 3.63) is 0 Å². The van der Waals surface area contributed by atoms with Gasteiger partial charge in [0.1, 0.15) is 0 Å². The molecule has 2 unspecified atom stereocenters. The maximum absolute atomic E-state index is 10.9. The van der Waals surface area contributed by atoms with Gasteiger partial charge in [-0.15, -0.1) is 0 Å². The predicted octanol–water partition coefficient (Wildman–Crippen LogP) is 1.75. The second kappa shape index (κ2) is 4.09. The third-order valence-electron chi connectivity index (χ3n) is 2.22. The van der Waals surface area contributed by atoms with Gasteiger partial charge >= 0.3 is 5.97 Å². The fourth-order valence-corrected chi connectivity index (χ4v) is 1.41. The van der Waals surface area contributed by atoms with Gasteiger partial charge in [0.25, 0.3) is 0 Å². The monoisotopic (exact) mass is 188 g/mol. The summed E-state index contributed by atoms with van der Waals surface area (Å²) in [6.45, 7) is 9.14. The Morgan fingerprint density at radius 3 is 1.69 bits per heavy atom. The van der Waals surface area contributed by atoms with Crippen LogP contribution in [0.2, 0.25) is 0 Å². The number of carboxylic acids is 1. The van der Waals surface area contributed by atoms with Crippen LogP contribution in [-0.2, 0) is 4.79 Å².